The Morgan fingerprint density at radius 1 is 1.58 bits per heavy atom. The summed E-state index contributed by atoms with van der Waals surface area (Å²) in [5.74, 6) is 0. The summed E-state index contributed by atoms with van der Waals surface area (Å²) in [6.07, 6.45) is 1.52. The summed E-state index contributed by atoms with van der Waals surface area (Å²) in [6.45, 7) is 6.05. The lowest BCUT2D eigenvalue weighted by atomic mass is 10.4. The Kier molecular flexibility index (Phi) is 6.15. The van der Waals surface area contributed by atoms with Gasteiger partial charge in [-0.2, -0.15) is 4.31 Å². The molecule has 7 heteroatoms. The second kappa shape index (κ2) is 7.16. The molecule has 1 heterocycles. The lowest BCUT2D eigenvalue weighted by Crippen LogP contribution is -2.33. The Morgan fingerprint density at radius 2 is 2.26 bits per heavy atom. The van der Waals surface area contributed by atoms with Gasteiger partial charge in [-0.3, -0.25) is 0 Å². The van der Waals surface area contributed by atoms with Crippen LogP contribution in [-0.4, -0.2) is 44.6 Å². The summed E-state index contributed by atoms with van der Waals surface area (Å²) in [6, 6.07) is 1.69. The van der Waals surface area contributed by atoms with E-state index in [9.17, 15) is 8.42 Å². The molecule has 0 saturated carbocycles. The van der Waals surface area contributed by atoms with Crippen molar-refractivity contribution in [1.29, 1.82) is 0 Å². The summed E-state index contributed by atoms with van der Waals surface area (Å²) in [5.41, 5.74) is 0. The molecule has 19 heavy (non-hydrogen) atoms. The van der Waals surface area contributed by atoms with Crippen LogP contribution in [0.2, 0.25) is 0 Å². The maximum absolute atomic E-state index is 12.5. The van der Waals surface area contributed by atoms with Crippen LogP contribution in [0.25, 0.3) is 0 Å². The average Bonchev–Trinajstić information content (AvgIpc) is 2.71. The molecule has 1 aromatic rings. The van der Waals surface area contributed by atoms with Gasteiger partial charge in [-0.25, -0.2) is 8.42 Å². The van der Waals surface area contributed by atoms with Crippen LogP contribution in [-0.2, 0) is 16.6 Å². The number of nitrogens with one attached hydrogen (secondary N) is 1. The van der Waals surface area contributed by atoms with E-state index in [1.807, 2.05) is 7.05 Å². The minimum Gasteiger partial charge on any atom is -0.395 e. The van der Waals surface area contributed by atoms with Crippen molar-refractivity contribution >= 4 is 21.4 Å². The maximum Gasteiger partial charge on any atom is 0.244 e. The lowest BCUT2D eigenvalue weighted by Gasteiger charge is -2.19. The number of nitrogens with zero attached hydrogens (tertiary/aromatic N) is 1. The molecule has 0 aliphatic heterocycles. The molecule has 108 valence electrons. The third kappa shape index (κ3) is 3.87. The Morgan fingerprint density at radius 3 is 2.79 bits per heavy atom. The highest BCUT2D eigenvalue weighted by molar-refractivity contribution is 7.89. The minimum atomic E-state index is -3.57. The van der Waals surface area contributed by atoms with Gasteiger partial charge in [-0.15, -0.1) is 17.9 Å². The summed E-state index contributed by atoms with van der Waals surface area (Å²) in [4.78, 5) is 2.05. The summed E-state index contributed by atoms with van der Waals surface area (Å²) < 4.78 is 26.2. The van der Waals surface area contributed by atoms with Gasteiger partial charge in [0.1, 0.15) is 0 Å². The summed E-state index contributed by atoms with van der Waals surface area (Å²) in [7, 11) is -1.75. The maximum atomic E-state index is 12.5. The third-order valence-corrected chi connectivity index (χ3v) is 5.75. The van der Waals surface area contributed by atoms with Gasteiger partial charge in [-0.1, -0.05) is 6.08 Å². The van der Waals surface area contributed by atoms with Crippen LogP contribution < -0.4 is 5.32 Å². The van der Waals surface area contributed by atoms with Crippen LogP contribution in [0.5, 0.6) is 0 Å². The molecular weight excluding hydrogens is 284 g/mol. The zero-order chi connectivity index (χ0) is 14.5. The van der Waals surface area contributed by atoms with E-state index in [0.29, 0.717) is 11.4 Å². The molecule has 0 radical (unpaired) electrons. The third-order valence-electron chi connectivity index (χ3n) is 2.57. The van der Waals surface area contributed by atoms with Crippen molar-refractivity contribution < 1.29 is 13.5 Å². The van der Waals surface area contributed by atoms with Crippen molar-refractivity contribution in [2.24, 2.45) is 0 Å². The van der Waals surface area contributed by atoms with Gasteiger partial charge in [0, 0.05) is 29.4 Å². The van der Waals surface area contributed by atoms with Crippen molar-refractivity contribution in [2.45, 2.75) is 18.4 Å². The second-order valence-corrected chi connectivity index (χ2v) is 7.29. The molecular formula is C12H20N2O3S2. The molecule has 1 rings (SSSR count). The first kappa shape index (κ1) is 16.3. The van der Waals surface area contributed by atoms with Gasteiger partial charge < -0.3 is 10.4 Å². The van der Waals surface area contributed by atoms with E-state index in [0.717, 1.165) is 9.75 Å². The molecule has 0 unspecified atom stereocenters. The van der Waals surface area contributed by atoms with E-state index in [-0.39, 0.29) is 19.7 Å². The molecule has 0 aromatic carbocycles. The highest BCUT2D eigenvalue weighted by atomic mass is 32.2. The standard InChI is InChI=1S/C12H20N2O3S2/c1-4-5-14(6-7-15)19(16,17)12-8-11(9-13-3)18-10(12)2/h4,8,13,15H,1,5-7,9H2,2-3H3. The molecule has 0 bridgehead atoms. The zero-order valence-corrected chi connectivity index (χ0v) is 12.9. The minimum absolute atomic E-state index is 0.0744. The molecule has 0 aliphatic carbocycles. The molecule has 0 amide bonds. The lowest BCUT2D eigenvalue weighted by molar-refractivity contribution is 0.260. The van der Waals surface area contributed by atoms with E-state index in [1.54, 1.807) is 13.0 Å². The number of hydrogen-bond donors (Lipinski definition) is 2. The number of rotatable bonds is 8. The fourth-order valence-corrected chi connectivity index (χ4v) is 4.76. The quantitative estimate of drug-likeness (QED) is 0.702. The number of sulfonamides is 1. The SMILES string of the molecule is C=CCN(CCO)S(=O)(=O)c1cc(CNC)sc1C. The van der Waals surface area contributed by atoms with Crippen LogP contribution in [0.1, 0.15) is 9.75 Å². The smallest absolute Gasteiger partial charge is 0.244 e. The molecule has 2 N–H and O–H groups in total. The normalized spacial score (nSPS) is 12.0. The topological polar surface area (TPSA) is 69.6 Å². The van der Waals surface area contributed by atoms with E-state index in [4.69, 9.17) is 5.11 Å². The largest absolute Gasteiger partial charge is 0.395 e. The second-order valence-electron chi connectivity index (χ2n) is 4.04. The highest BCUT2D eigenvalue weighted by Gasteiger charge is 2.26. The van der Waals surface area contributed by atoms with E-state index in [2.05, 4.69) is 11.9 Å². The van der Waals surface area contributed by atoms with Gasteiger partial charge in [0.15, 0.2) is 0 Å². The summed E-state index contributed by atoms with van der Waals surface area (Å²) >= 11 is 1.46. The van der Waals surface area contributed by atoms with Gasteiger partial charge >= 0.3 is 0 Å². The van der Waals surface area contributed by atoms with Gasteiger partial charge in [0.25, 0.3) is 0 Å². The highest BCUT2D eigenvalue weighted by Crippen LogP contribution is 2.28. The van der Waals surface area contributed by atoms with E-state index < -0.39 is 10.0 Å². The molecule has 0 fully saturated rings. The van der Waals surface area contributed by atoms with Crippen LogP contribution in [0.4, 0.5) is 0 Å². The van der Waals surface area contributed by atoms with Crippen molar-refractivity contribution in [1.82, 2.24) is 9.62 Å². The average molecular weight is 304 g/mol. The fourth-order valence-electron chi connectivity index (χ4n) is 1.75. The van der Waals surface area contributed by atoms with Gasteiger partial charge in [-0.05, 0) is 20.0 Å². The molecule has 0 saturated heterocycles. The van der Waals surface area contributed by atoms with Gasteiger partial charge in [0.05, 0.1) is 11.5 Å². The number of thiophene rings is 1. The van der Waals surface area contributed by atoms with Crippen molar-refractivity contribution in [3.63, 3.8) is 0 Å². The Hall–Kier alpha value is -0.730. The monoisotopic (exact) mass is 304 g/mol. The first-order valence-electron chi connectivity index (χ1n) is 5.93. The van der Waals surface area contributed by atoms with Crippen molar-refractivity contribution in [3.05, 3.63) is 28.5 Å². The van der Waals surface area contributed by atoms with E-state index >= 15 is 0 Å². The van der Waals surface area contributed by atoms with Crippen LogP contribution in [0, 0.1) is 6.92 Å². The first-order valence-corrected chi connectivity index (χ1v) is 8.18. The Bertz CT molecular complexity index is 523. The zero-order valence-electron chi connectivity index (χ0n) is 11.2. The Labute approximate surface area is 118 Å². The molecule has 0 aliphatic rings. The van der Waals surface area contributed by atoms with Crippen LogP contribution >= 0.6 is 11.3 Å². The number of hydrogen-bond acceptors (Lipinski definition) is 5. The first-order chi connectivity index (χ1) is 8.97. The van der Waals surface area contributed by atoms with E-state index in [1.165, 1.54) is 21.7 Å². The molecule has 1 aromatic heterocycles. The van der Waals surface area contributed by atoms with Crippen LogP contribution in [0.3, 0.4) is 0 Å². The van der Waals surface area contributed by atoms with Crippen molar-refractivity contribution in [3.8, 4) is 0 Å². The molecule has 5 nitrogen and oxygen atoms in total. The van der Waals surface area contributed by atoms with Crippen LogP contribution in [0.15, 0.2) is 23.6 Å². The number of aliphatic hydroxyl groups is 1. The molecule has 0 atom stereocenters. The molecule has 0 spiro atoms. The Balaban J connectivity index is 3.13. The van der Waals surface area contributed by atoms with Gasteiger partial charge in [0.2, 0.25) is 10.0 Å². The number of aliphatic hydroxyl groups excluding tert-OH is 1. The van der Waals surface area contributed by atoms with Crippen molar-refractivity contribution in [2.75, 3.05) is 26.7 Å². The predicted octanol–water partition coefficient (Wildman–Crippen LogP) is 0.945. The predicted molar refractivity (Wildman–Crippen MR) is 77.9 cm³/mol. The number of aryl methyl sites for hydroxylation is 1. The summed E-state index contributed by atoms with van der Waals surface area (Å²) in [5, 5.41) is 12.0. The fraction of sp³-hybridized carbons (Fsp3) is 0.500.